The average Bonchev–Trinajstić information content (AvgIpc) is 2.36. The van der Waals surface area contributed by atoms with Gasteiger partial charge in [-0.05, 0) is 18.2 Å². The summed E-state index contributed by atoms with van der Waals surface area (Å²) in [5, 5.41) is 3.24. The summed E-state index contributed by atoms with van der Waals surface area (Å²) in [6.07, 6.45) is 0. The number of hydrogen-bond donors (Lipinski definition) is 2. The number of hydrogen-bond acceptors (Lipinski definition) is 4. The van der Waals surface area contributed by atoms with Crippen LogP contribution in [-0.4, -0.2) is 41.8 Å². The molecule has 0 saturated carbocycles. The maximum absolute atomic E-state index is 12.0. The van der Waals surface area contributed by atoms with E-state index in [4.69, 9.17) is 16.3 Å². The molecule has 1 rings (SSSR count). The highest BCUT2D eigenvalue weighted by atomic mass is 79.9. The fourth-order valence-corrected chi connectivity index (χ4v) is 3.40. The molecule has 1 aromatic rings. The topological polar surface area (TPSA) is 67.4 Å². The van der Waals surface area contributed by atoms with E-state index in [2.05, 4.69) is 26.0 Å². The smallest absolute Gasteiger partial charge is 0.242 e. The summed E-state index contributed by atoms with van der Waals surface area (Å²) >= 11 is 9.11. The molecule has 1 aromatic carbocycles. The lowest BCUT2D eigenvalue weighted by Gasteiger charge is -2.09. The minimum Gasteiger partial charge on any atom is -0.383 e. The summed E-state index contributed by atoms with van der Waals surface area (Å²) in [5.41, 5.74) is 0. The van der Waals surface area contributed by atoms with Gasteiger partial charge in [-0.1, -0.05) is 27.5 Å². The van der Waals surface area contributed by atoms with Crippen molar-refractivity contribution in [1.82, 2.24) is 10.0 Å². The molecule has 0 unspecified atom stereocenters. The van der Waals surface area contributed by atoms with Crippen molar-refractivity contribution in [1.29, 1.82) is 0 Å². The van der Waals surface area contributed by atoms with Gasteiger partial charge in [-0.15, -0.1) is 0 Å². The predicted octanol–water partition coefficient (Wildman–Crippen LogP) is 1.62. The van der Waals surface area contributed by atoms with Gasteiger partial charge in [0.1, 0.15) is 4.90 Å². The van der Waals surface area contributed by atoms with Crippen LogP contribution in [0.15, 0.2) is 27.6 Å². The van der Waals surface area contributed by atoms with Crippen molar-refractivity contribution >= 4 is 37.6 Å². The molecule has 0 amide bonds. The number of halogens is 2. The lowest BCUT2D eigenvalue weighted by atomic mass is 10.4. The average molecular weight is 372 g/mol. The monoisotopic (exact) mass is 370 g/mol. The maximum atomic E-state index is 12.0. The van der Waals surface area contributed by atoms with E-state index in [-0.39, 0.29) is 16.5 Å². The number of rotatable bonds is 8. The number of sulfonamides is 1. The molecular weight excluding hydrogens is 356 g/mol. The Bertz CT molecular complexity index is 511. The van der Waals surface area contributed by atoms with E-state index in [0.29, 0.717) is 24.2 Å². The minimum absolute atomic E-state index is 0.0698. The number of benzene rings is 1. The molecule has 0 aromatic heterocycles. The Kier molecular flexibility index (Phi) is 7.27. The summed E-state index contributed by atoms with van der Waals surface area (Å²) in [6, 6.07) is 4.70. The Balaban J connectivity index is 2.54. The second-order valence-corrected chi connectivity index (χ2v) is 6.77. The zero-order chi connectivity index (χ0) is 14.3. The molecule has 0 bridgehead atoms. The summed E-state index contributed by atoms with van der Waals surface area (Å²) < 4.78 is 32.1. The van der Waals surface area contributed by atoms with E-state index in [1.165, 1.54) is 12.1 Å². The largest absolute Gasteiger partial charge is 0.383 e. The second-order valence-electron chi connectivity index (χ2n) is 3.72. The Morgan fingerprint density at radius 1 is 1.32 bits per heavy atom. The Morgan fingerprint density at radius 2 is 2.05 bits per heavy atom. The van der Waals surface area contributed by atoms with Crippen molar-refractivity contribution in [3.8, 4) is 0 Å². The van der Waals surface area contributed by atoms with Gasteiger partial charge < -0.3 is 10.1 Å². The van der Waals surface area contributed by atoms with Gasteiger partial charge in [0.05, 0.1) is 11.6 Å². The van der Waals surface area contributed by atoms with Crippen LogP contribution in [0.4, 0.5) is 0 Å². The molecule has 19 heavy (non-hydrogen) atoms. The molecule has 0 fully saturated rings. The quantitative estimate of drug-likeness (QED) is 0.681. The van der Waals surface area contributed by atoms with Gasteiger partial charge in [-0.25, -0.2) is 13.1 Å². The molecule has 0 saturated heterocycles. The van der Waals surface area contributed by atoms with Crippen LogP contribution in [0.5, 0.6) is 0 Å². The van der Waals surface area contributed by atoms with E-state index in [0.717, 1.165) is 0 Å². The first-order chi connectivity index (χ1) is 8.97. The highest BCUT2D eigenvalue weighted by Crippen LogP contribution is 2.24. The van der Waals surface area contributed by atoms with Gasteiger partial charge in [-0.2, -0.15) is 0 Å². The SMILES string of the molecule is COCCNCCNS(=O)(=O)c1cc(Br)ccc1Cl. The zero-order valence-electron chi connectivity index (χ0n) is 10.4. The van der Waals surface area contributed by atoms with Crippen LogP contribution in [-0.2, 0) is 14.8 Å². The summed E-state index contributed by atoms with van der Waals surface area (Å²) in [6.45, 7) is 2.07. The molecule has 0 spiro atoms. The molecule has 0 radical (unpaired) electrons. The van der Waals surface area contributed by atoms with Gasteiger partial charge in [0.15, 0.2) is 0 Å². The molecule has 0 aliphatic rings. The molecule has 0 heterocycles. The highest BCUT2D eigenvalue weighted by Gasteiger charge is 2.17. The van der Waals surface area contributed by atoms with Crippen molar-refractivity contribution in [3.63, 3.8) is 0 Å². The first kappa shape index (κ1) is 16.9. The number of ether oxygens (including phenoxy) is 1. The Hall–Kier alpha value is -0.180. The van der Waals surface area contributed by atoms with Crippen LogP contribution >= 0.6 is 27.5 Å². The van der Waals surface area contributed by atoms with Gasteiger partial charge in [0.2, 0.25) is 10.0 Å². The van der Waals surface area contributed by atoms with Crippen LogP contribution in [0.3, 0.4) is 0 Å². The number of methoxy groups -OCH3 is 1. The third-order valence-corrected chi connectivity index (χ3v) is 4.70. The molecule has 2 N–H and O–H groups in total. The highest BCUT2D eigenvalue weighted by molar-refractivity contribution is 9.10. The minimum atomic E-state index is -3.59. The van der Waals surface area contributed by atoms with Gasteiger partial charge >= 0.3 is 0 Å². The first-order valence-electron chi connectivity index (χ1n) is 5.62. The summed E-state index contributed by atoms with van der Waals surface area (Å²) in [7, 11) is -1.98. The van der Waals surface area contributed by atoms with E-state index < -0.39 is 10.0 Å². The van der Waals surface area contributed by atoms with Crippen LogP contribution in [0.25, 0.3) is 0 Å². The van der Waals surface area contributed by atoms with E-state index in [1.54, 1.807) is 13.2 Å². The summed E-state index contributed by atoms with van der Waals surface area (Å²) in [5.74, 6) is 0. The third-order valence-electron chi connectivity index (χ3n) is 2.26. The van der Waals surface area contributed by atoms with Gasteiger partial charge in [0.25, 0.3) is 0 Å². The molecule has 0 aliphatic carbocycles. The van der Waals surface area contributed by atoms with Crippen molar-refractivity contribution in [2.24, 2.45) is 0 Å². The lowest BCUT2D eigenvalue weighted by Crippen LogP contribution is -2.33. The Labute approximate surface area is 126 Å². The molecule has 5 nitrogen and oxygen atoms in total. The maximum Gasteiger partial charge on any atom is 0.242 e. The van der Waals surface area contributed by atoms with Crippen molar-refractivity contribution in [2.75, 3.05) is 33.4 Å². The second kappa shape index (κ2) is 8.18. The molecule has 108 valence electrons. The lowest BCUT2D eigenvalue weighted by molar-refractivity contribution is 0.199. The van der Waals surface area contributed by atoms with E-state index >= 15 is 0 Å². The number of nitrogens with one attached hydrogen (secondary N) is 2. The standard InChI is InChI=1S/C11H16BrClN2O3S/c1-18-7-6-14-4-5-15-19(16,17)11-8-9(12)2-3-10(11)13/h2-3,8,14-15H,4-7H2,1H3. The Morgan fingerprint density at radius 3 is 2.74 bits per heavy atom. The predicted molar refractivity (Wildman–Crippen MR) is 79.1 cm³/mol. The normalized spacial score (nSPS) is 11.7. The van der Waals surface area contributed by atoms with Crippen molar-refractivity contribution in [3.05, 3.63) is 27.7 Å². The van der Waals surface area contributed by atoms with E-state index in [9.17, 15) is 8.42 Å². The van der Waals surface area contributed by atoms with Crippen LogP contribution in [0.2, 0.25) is 5.02 Å². The summed E-state index contributed by atoms with van der Waals surface area (Å²) in [4.78, 5) is 0.0698. The third kappa shape index (κ3) is 5.76. The fraction of sp³-hybridized carbons (Fsp3) is 0.455. The first-order valence-corrected chi connectivity index (χ1v) is 8.27. The van der Waals surface area contributed by atoms with Gasteiger partial charge in [0, 0.05) is 31.2 Å². The molecule has 0 aliphatic heterocycles. The van der Waals surface area contributed by atoms with Crippen LogP contribution in [0.1, 0.15) is 0 Å². The fourth-order valence-electron chi connectivity index (χ4n) is 1.33. The van der Waals surface area contributed by atoms with Gasteiger partial charge in [-0.3, -0.25) is 0 Å². The molecule has 8 heteroatoms. The van der Waals surface area contributed by atoms with Crippen molar-refractivity contribution < 1.29 is 13.2 Å². The van der Waals surface area contributed by atoms with E-state index in [1.807, 2.05) is 0 Å². The molecule has 0 atom stereocenters. The van der Waals surface area contributed by atoms with Crippen LogP contribution < -0.4 is 10.0 Å². The zero-order valence-corrected chi connectivity index (χ0v) is 13.6. The van der Waals surface area contributed by atoms with Crippen LogP contribution in [0, 0.1) is 0 Å². The molecular formula is C11H16BrClN2O3S. The van der Waals surface area contributed by atoms with Crippen molar-refractivity contribution in [2.45, 2.75) is 4.90 Å².